The van der Waals surface area contributed by atoms with Gasteiger partial charge in [-0.2, -0.15) is 0 Å². The first-order chi connectivity index (χ1) is 9.52. The number of nitrogens with zero attached hydrogens (tertiary/aromatic N) is 1. The molecule has 1 unspecified atom stereocenters. The Morgan fingerprint density at radius 3 is 2.65 bits per heavy atom. The Morgan fingerprint density at radius 1 is 1.30 bits per heavy atom. The first-order valence-corrected chi connectivity index (χ1v) is 6.89. The van der Waals surface area contributed by atoms with Gasteiger partial charge in [-0.15, -0.1) is 11.3 Å². The van der Waals surface area contributed by atoms with Crippen LogP contribution < -0.4 is 11.1 Å². The monoisotopic (exact) mass is 293 g/mol. The molecule has 2 aliphatic rings. The van der Waals surface area contributed by atoms with Crippen molar-refractivity contribution >= 4 is 35.0 Å². The lowest BCUT2D eigenvalue weighted by Crippen LogP contribution is -2.54. The minimum Gasteiger partial charge on any atom is -0.326 e. The minimum absolute atomic E-state index is 0.120. The fourth-order valence-corrected chi connectivity index (χ4v) is 3.37. The van der Waals surface area contributed by atoms with E-state index in [9.17, 15) is 19.2 Å². The van der Waals surface area contributed by atoms with E-state index in [-0.39, 0.29) is 25.3 Å². The molecular weight excluding hydrogens is 282 g/mol. The van der Waals surface area contributed by atoms with Crippen LogP contribution in [0.25, 0.3) is 0 Å². The average molecular weight is 293 g/mol. The Morgan fingerprint density at radius 2 is 2.05 bits per heavy atom. The van der Waals surface area contributed by atoms with Crippen molar-refractivity contribution in [3.63, 3.8) is 0 Å². The van der Waals surface area contributed by atoms with E-state index in [0.29, 0.717) is 10.4 Å². The maximum atomic E-state index is 12.3. The molecule has 8 heteroatoms. The Labute approximate surface area is 117 Å². The van der Waals surface area contributed by atoms with Gasteiger partial charge in [0.1, 0.15) is 10.9 Å². The van der Waals surface area contributed by atoms with Crippen LogP contribution in [0.4, 0.5) is 0 Å². The van der Waals surface area contributed by atoms with Crippen LogP contribution in [0.5, 0.6) is 0 Å². The molecule has 1 saturated heterocycles. The maximum absolute atomic E-state index is 12.3. The highest BCUT2D eigenvalue weighted by atomic mass is 32.1. The van der Waals surface area contributed by atoms with Crippen LogP contribution >= 0.6 is 11.3 Å². The Balaban J connectivity index is 1.92. The summed E-state index contributed by atoms with van der Waals surface area (Å²) in [6, 6.07) is 0.681. The number of imide groups is 2. The zero-order valence-electron chi connectivity index (χ0n) is 10.3. The van der Waals surface area contributed by atoms with E-state index in [4.69, 9.17) is 5.73 Å². The van der Waals surface area contributed by atoms with Crippen molar-refractivity contribution in [2.24, 2.45) is 5.73 Å². The fourth-order valence-electron chi connectivity index (χ4n) is 2.40. The highest BCUT2D eigenvalue weighted by molar-refractivity contribution is 7.14. The van der Waals surface area contributed by atoms with Gasteiger partial charge in [-0.05, 0) is 12.5 Å². The highest BCUT2D eigenvalue weighted by Crippen LogP contribution is 2.33. The second kappa shape index (κ2) is 4.50. The van der Waals surface area contributed by atoms with Gasteiger partial charge < -0.3 is 5.73 Å². The van der Waals surface area contributed by atoms with Crippen LogP contribution in [0, 0.1) is 0 Å². The standard InChI is InChI=1S/C12H11N3O4S/c13-4-5-3-6-9(20-5)12(19)15(11(6)18)7-1-2-8(16)14-10(7)17/h3,7H,1-2,4,13H2,(H,14,16,17). The number of piperidine rings is 1. The number of nitrogens with two attached hydrogens (primary N) is 1. The summed E-state index contributed by atoms with van der Waals surface area (Å²) in [6.45, 7) is 0.261. The number of rotatable bonds is 2. The predicted molar refractivity (Wildman–Crippen MR) is 68.9 cm³/mol. The van der Waals surface area contributed by atoms with Crippen molar-refractivity contribution in [2.45, 2.75) is 25.4 Å². The van der Waals surface area contributed by atoms with Gasteiger partial charge in [0, 0.05) is 17.8 Å². The van der Waals surface area contributed by atoms with Crippen molar-refractivity contribution in [2.75, 3.05) is 0 Å². The lowest BCUT2D eigenvalue weighted by atomic mass is 10.0. The number of nitrogens with one attached hydrogen (secondary N) is 1. The first-order valence-electron chi connectivity index (χ1n) is 6.07. The Bertz CT molecular complexity index is 618. The highest BCUT2D eigenvalue weighted by Gasteiger charge is 2.45. The minimum atomic E-state index is -0.909. The molecule has 0 aliphatic carbocycles. The van der Waals surface area contributed by atoms with E-state index in [2.05, 4.69) is 5.32 Å². The van der Waals surface area contributed by atoms with E-state index in [1.165, 1.54) is 11.3 Å². The van der Waals surface area contributed by atoms with Crippen LogP contribution in [0.15, 0.2) is 6.07 Å². The number of carbonyl (C=O) groups is 4. The van der Waals surface area contributed by atoms with Crippen LogP contribution in [0.2, 0.25) is 0 Å². The Kier molecular flexibility index (Phi) is 2.91. The number of carbonyl (C=O) groups excluding carboxylic acids is 4. The van der Waals surface area contributed by atoms with Gasteiger partial charge >= 0.3 is 0 Å². The van der Waals surface area contributed by atoms with Crippen molar-refractivity contribution in [3.8, 4) is 0 Å². The molecular formula is C12H11N3O4S. The first kappa shape index (κ1) is 12.9. The number of thiophene rings is 1. The third-order valence-corrected chi connectivity index (χ3v) is 4.51. The van der Waals surface area contributed by atoms with Gasteiger partial charge in [0.15, 0.2) is 0 Å². The van der Waals surface area contributed by atoms with Gasteiger partial charge in [-0.25, -0.2) is 0 Å². The van der Waals surface area contributed by atoms with Gasteiger partial charge in [0.05, 0.1) is 5.56 Å². The Hall–Kier alpha value is -2.06. The summed E-state index contributed by atoms with van der Waals surface area (Å²) in [5, 5.41) is 2.15. The molecule has 3 heterocycles. The smallest absolute Gasteiger partial charge is 0.272 e. The van der Waals surface area contributed by atoms with Crippen LogP contribution in [0.1, 0.15) is 37.7 Å². The molecule has 7 nitrogen and oxygen atoms in total. The second-order valence-corrected chi connectivity index (χ2v) is 5.74. The number of hydrogen-bond donors (Lipinski definition) is 2. The molecule has 0 aromatic carbocycles. The van der Waals surface area contributed by atoms with E-state index in [1.807, 2.05) is 0 Å². The third kappa shape index (κ3) is 1.76. The lowest BCUT2D eigenvalue weighted by Gasteiger charge is -2.27. The van der Waals surface area contributed by atoms with Crippen LogP contribution in [-0.4, -0.2) is 34.6 Å². The molecule has 2 aliphatic heterocycles. The molecule has 0 radical (unpaired) electrons. The summed E-state index contributed by atoms with van der Waals surface area (Å²) in [5.74, 6) is -1.96. The molecule has 20 heavy (non-hydrogen) atoms. The molecule has 0 spiro atoms. The summed E-state index contributed by atoms with van der Waals surface area (Å²) in [7, 11) is 0. The van der Waals surface area contributed by atoms with E-state index >= 15 is 0 Å². The molecule has 1 fully saturated rings. The van der Waals surface area contributed by atoms with Crippen molar-refractivity contribution in [1.29, 1.82) is 0 Å². The normalized spacial score (nSPS) is 22.2. The molecule has 4 amide bonds. The second-order valence-electron chi connectivity index (χ2n) is 4.61. The molecule has 1 atom stereocenters. The molecule has 1 aromatic heterocycles. The SMILES string of the molecule is NCc1cc2c(s1)C(=O)N(C1CCC(=O)NC1=O)C2=O. The molecule has 3 rings (SSSR count). The van der Waals surface area contributed by atoms with E-state index in [1.54, 1.807) is 6.07 Å². The number of hydrogen-bond acceptors (Lipinski definition) is 6. The molecule has 0 saturated carbocycles. The topological polar surface area (TPSA) is 110 Å². The quantitative estimate of drug-likeness (QED) is 0.722. The lowest BCUT2D eigenvalue weighted by molar-refractivity contribution is -0.136. The third-order valence-electron chi connectivity index (χ3n) is 3.37. The predicted octanol–water partition coefficient (Wildman–Crippen LogP) is -0.392. The summed E-state index contributed by atoms with van der Waals surface area (Å²) < 4.78 is 0. The van der Waals surface area contributed by atoms with Gasteiger partial charge in [0.25, 0.3) is 11.8 Å². The van der Waals surface area contributed by atoms with Crippen LogP contribution in [0.3, 0.4) is 0 Å². The van der Waals surface area contributed by atoms with Gasteiger partial charge in [-0.3, -0.25) is 29.4 Å². The van der Waals surface area contributed by atoms with Gasteiger partial charge in [0.2, 0.25) is 11.8 Å². The molecule has 3 N–H and O–H groups in total. The summed E-state index contributed by atoms with van der Waals surface area (Å²) >= 11 is 1.17. The molecule has 0 bridgehead atoms. The van der Waals surface area contributed by atoms with E-state index in [0.717, 1.165) is 9.78 Å². The largest absolute Gasteiger partial charge is 0.326 e. The fraction of sp³-hybridized carbons (Fsp3) is 0.333. The zero-order valence-corrected chi connectivity index (χ0v) is 11.2. The van der Waals surface area contributed by atoms with Crippen molar-refractivity contribution < 1.29 is 19.2 Å². The average Bonchev–Trinajstić information content (AvgIpc) is 2.93. The van der Waals surface area contributed by atoms with Gasteiger partial charge in [-0.1, -0.05) is 0 Å². The molecule has 1 aromatic rings. The number of amides is 4. The van der Waals surface area contributed by atoms with E-state index < -0.39 is 23.8 Å². The summed E-state index contributed by atoms with van der Waals surface area (Å²) in [6.07, 6.45) is 0.288. The number of fused-ring (bicyclic) bond motifs is 1. The van der Waals surface area contributed by atoms with Crippen molar-refractivity contribution in [1.82, 2.24) is 10.2 Å². The van der Waals surface area contributed by atoms with Crippen molar-refractivity contribution in [3.05, 3.63) is 21.4 Å². The van der Waals surface area contributed by atoms with Crippen LogP contribution in [-0.2, 0) is 16.1 Å². The molecule has 104 valence electrons. The summed E-state index contributed by atoms with van der Waals surface area (Å²) in [5.41, 5.74) is 5.79. The zero-order chi connectivity index (χ0) is 14.4. The maximum Gasteiger partial charge on any atom is 0.272 e. The summed E-state index contributed by atoms with van der Waals surface area (Å²) in [4.78, 5) is 49.5.